The predicted molar refractivity (Wildman–Crippen MR) is 139 cm³/mol. The van der Waals surface area contributed by atoms with Crippen LogP contribution in [0.25, 0.3) is 17.1 Å². The van der Waals surface area contributed by atoms with Crippen molar-refractivity contribution in [1.29, 1.82) is 0 Å². The Balaban J connectivity index is 1.68. The van der Waals surface area contributed by atoms with Crippen LogP contribution in [-0.4, -0.2) is 33.3 Å². The van der Waals surface area contributed by atoms with Crippen molar-refractivity contribution in [2.75, 3.05) is 12.4 Å². The number of anilines is 1. The quantitative estimate of drug-likeness (QED) is 0.242. The van der Waals surface area contributed by atoms with E-state index in [1.54, 1.807) is 47.0 Å². The molecular weight excluding hydrogens is 507 g/mol. The Bertz CT molecular complexity index is 1480. The van der Waals surface area contributed by atoms with E-state index in [0.29, 0.717) is 37.5 Å². The number of rotatable bonds is 6. The summed E-state index contributed by atoms with van der Waals surface area (Å²) in [5.41, 5.74) is 3.36. The summed E-state index contributed by atoms with van der Waals surface area (Å²) in [7, 11) is 1.31. The van der Waals surface area contributed by atoms with Crippen LogP contribution in [0.15, 0.2) is 66.7 Å². The second kappa shape index (κ2) is 10.4. The molecule has 0 radical (unpaired) electrons. The number of ether oxygens (including phenoxy) is 1. The first-order chi connectivity index (χ1) is 16.8. The highest BCUT2D eigenvalue weighted by Crippen LogP contribution is 2.31. The van der Waals surface area contributed by atoms with E-state index in [-0.39, 0.29) is 12.5 Å². The fourth-order valence-electron chi connectivity index (χ4n) is 3.50. The van der Waals surface area contributed by atoms with Crippen LogP contribution in [0, 0.1) is 11.7 Å². The van der Waals surface area contributed by atoms with Gasteiger partial charge in [-0.2, -0.15) is 5.10 Å². The number of nitrogens with one attached hydrogen (secondary N) is 1. The molecule has 0 fully saturated rings. The van der Waals surface area contributed by atoms with Gasteiger partial charge in [0.05, 0.1) is 23.4 Å². The molecule has 0 aliphatic carbocycles. The highest BCUT2D eigenvalue weighted by atomic mass is 35.5. The molecule has 0 aliphatic rings. The zero-order chi connectivity index (χ0) is 25.1. The lowest BCUT2D eigenvalue weighted by atomic mass is 10.2. The number of carbonyl (C=O) groups is 2. The van der Waals surface area contributed by atoms with Gasteiger partial charge in [-0.3, -0.25) is 9.36 Å². The third kappa shape index (κ3) is 5.45. The van der Waals surface area contributed by atoms with E-state index in [1.807, 2.05) is 31.2 Å². The second-order valence-corrected chi connectivity index (χ2v) is 8.89. The molecule has 10 heteroatoms. The molecule has 4 rings (SSSR count). The summed E-state index contributed by atoms with van der Waals surface area (Å²) in [6, 6.07) is 19.3. The Morgan fingerprint density at radius 3 is 2.46 bits per heavy atom. The minimum absolute atomic E-state index is 0.130. The average molecular weight is 527 g/mol. The van der Waals surface area contributed by atoms with Crippen LogP contribution < -0.4 is 5.32 Å². The number of hydrogen-bond donors (Lipinski definition) is 1. The van der Waals surface area contributed by atoms with E-state index >= 15 is 0 Å². The summed E-state index contributed by atoms with van der Waals surface area (Å²) in [6.07, 6.45) is 0. The lowest BCUT2D eigenvalue weighted by Gasteiger charge is -2.09. The molecule has 0 bridgehead atoms. The molecule has 0 aliphatic heterocycles. The Morgan fingerprint density at radius 2 is 1.80 bits per heavy atom. The lowest BCUT2D eigenvalue weighted by Crippen LogP contribution is -2.20. The summed E-state index contributed by atoms with van der Waals surface area (Å²) in [4.78, 5) is 24.4. The summed E-state index contributed by atoms with van der Waals surface area (Å²) in [6.45, 7) is 1.85. The van der Waals surface area contributed by atoms with Crippen molar-refractivity contribution in [2.24, 2.45) is 0 Å². The van der Waals surface area contributed by atoms with Crippen LogP contribution in [0.1, 0.15) is 15.9 Å². The van der Waals surface area contributed by atoms with Crippen LogP contribution in [0.4, 0.5) is 5.69 Å². The molecule has 0 spiro atoms. The maximum Gasteiger partial charge on any atom is 0.337 e. The molecule has 0 saturated heterocycles. The summed E-state index contributed by atoms with van der Waals surface area (Å²) in [5.74, 6) is -0.309. The molecule has 0 unspecified atom stereocenters. The number of methoxy groups -OCH3 is 1. The first-order valence-electron chi connectivity index (χ1n) is 10.5. The maximum atomic E-state index is 12.8. The third-order valence-corrected chi connectivity index (χ3v) is 6.10. The Hall–Kier alpha value is -3.46. The SMILES string of the molecule is COC(=O)c1ccc(NC(=O)Cn2nc(-c3ccc(Cl)cc3Cl)n(-c3cccc(C)c3)c2=S)cc1. The number of hydrogen-bond acceptors (Lipinski definition) is 5. The van der Waals surface area contributed by atoms with Crippen molar-refractivity contribution >= 4 is 53.0 Å². The number of aromatic nitrogens is 3. The number of halogens is 2. The van der Waals surface area contributed by atoms with Crippen molar-refractivity contribution in [3.05, 3.63) is 92.7 Å². The van der Waals surface area contributed by atoms with E-state index in [2.05, 4.69) is 15.2 Å². The van der Waals surface area contributed by atoms with Gasteiger partial charge in [0, 0.05) is 16.3 Å². The Kier molecular flexibility index (Phi) is 7.35. The molecule has 1 aromatic heterocycles. The van der Waals surface area contributed by atoms with Gasteiger partial charge in [-0.25, -0.2) is 9.48 Å². The smallest absolute Gasteiger partial charge is 0.337 e. The first kappa shape index (κ1) is 24.7. The zero-order valence-electron chi connectivity index (χ0n) is 18.8. The lowest BCUT2D eigenvalue weighted by molar-refractivity contribution is -0.116. The minimum Gasteiger partial charge on any atom is -0.465 e. The van der Waals surface area contributed by atoms with Crippen LogP contribution in [0.2, 0.25) is 10.0 Å². The van der Waals surface area contributed by atoms with Crippen molar-refractivity contribution in [3.8, 4) is 17.1 Å². The first-order valence-corrected chi connectivity index (χ1v) is 11.6. The molecule has 4 aromatic rings. The van der Waals surface area contributed by atoms with Gasteiger partial charge in [0.2, 0.25) is 10.7 Å². The number of benzene rings is 3. The molecule has 0 atom stereocenters. The number of amides is 1. The van der Waals surface area contributed by atoms with Crippen LogP contribution >= 0.6 is 35.4 Å². The van der Waals surface area contributed by atoms with Gasteiger partial charge in [0.1, 0.15) is 6.54 Å². The zero-order valence-corrected chi connectivity index (χ0v) is 21.1. The van der Waals surface area contributed by atoms with E-state index in [0.717, 1.165) is 11.3 Å². The van der Waals surface area contributed by atoms with Crippen LogP contribution in [0.5, 0.6) is 0 Å². The topological polar surface area (TPSA) is 78.2 Å². The number of carbonyl (C=O) groups excluding carboxylic acids is 2. The fraction of sp³-hybridized carbons (Fsp3) is 0.120. The number of aryl methyl sites for hydroxylation is 1. The molecule has 0 saturated carbocycles. The Labute approximate surface area is 216 Å². The van der Waals surface area contributed by atoms with E-state index < -0.39 is 5.97 Å². The second-order valence-electron chi connectivity index (χ2n) is 7.68. The van der Waals surface area contributed by atoms with Gasteiger partial charge in [0.15, 0.2) is 5.82 Å². The number of esters is 1. The molecule has 3 aromatic carbocycles. The predicted octanol–water partition coefficient (Wildman–Crippen LogP) is 6.11. The molecule has 35 heavy (non-hydrogen) atoms. The maximum absolute atomic E-state index is 12.8. The summed E-state index contributed by atoms with van der Waals surface area (Å²) < 4.78 is 8.23. The van der Waals surface area contributed by atoms with Gasteiger partial charge >= 0.3 is 5.97 Å². The van der Waals surface area contributed by atoms with Crippen molar-refractivity contribution in [2.45, 2.75) is 13.5 Å². The monoisotopic (exact) mass is 526 g/mol. The summed E-state index contributed by atoms with van der Waals surface area (Å²) in [5, 5.41) is 8.33. The molecule has 1 N–H and O–H groups in total. The van der Waals surface area contributed by atoms with Gasteiger partial charge in [-0.1, -0.05) is 35.3 Å². The largest absolute Gasteiger partial charge is 0.465 e. The third-order valence-electron chi connectivity index (χ3n) is 5.15. The molecule has 178 valence electrons. The van der Waals surface area contributed by atoms with Crippen LogP contribution in [0.3, 0.4) is 0 Å². The minimum atomic E-state index is -0.454. The van der Waals surface area contributed by atoms with Crippen molar-refractivity contribution < 1.29 is 14.3 Å². The average Bonchev–Trinajstić information content (AvgIpc) is 3.14. The standard InChI is InChI=1S/C25H20Cl2N4O3S/c1-15-4-3-5-19(12-15)31-23(20-11-8-17(26)13-21(20)27)29-30(25(31)35)14-22(32)28-18-9-6-16(7-10-18)24(33)34-2/h3-13H,14H2,1-2H3,(H,28,32). The van der Waals surface area contributed by atoms with Gasteiger partial charge in [0.25, 0.3) is 0 Å². The molecule has 1 heterocycles. The van der Waals surface area contributed by atoms with E-state index in [9.17, 15) is 9.59 Å². The molecular formula is C25H20Cl2N4O3S. The normalized spacial score (nSPS) is 10.7. The van der Waals surface area contributed by atoms with E-state index in [1.165, 1.54) is 11.8 Å². The van der Waals surface area contributed by atoms with Crippen molar-refractivity contribution in [1.82, 2.24) is 14.3 Å². The van der Waals surface area contributed by atoms with Gasteiger partial charge in [-0.05, 0) is 79.3 Å². The fourth-order valence-corrected chi connectivity index (χ4v) is 4.29. The molecule has 7 nitrogen and oxygen atoms in total. The summed E-state index contributed by atoms with van der Waals surface area (Å²) >= 11 is 18.3. The van der Waals surface area contributed by atoms with Crippen molar-refractivity contribution in [3.63, 3.8) is 0 Å². The molecule has 1 amide bonds. The highest BCUT2D eigenvalue weighted by molar-refractivity contribution is 7.71. The van der Waals surface area contributed by atoms with Gasteiger partial charge in [-0.15, -0.1) is 0 Å². The highest BCUT2D eigenvalue weighted by Gasteiger charge is 2.19. The van der Waals surface area contributed by atoms with E-state index in [4.69, 9.17) is 35.4 Å². The Morgan fingerprint density at radius 1 is 1.06 bits per heavy atom. The number of nitrogens with zero attached hydrogens (tertiary/aromatic N) is 3. The van der Waals surface area contributed by atoms with Gasteiger partial charge < -0.3 is 10.1 Å². The van der Waals surface area contributed by atoms with Crippen LogP contribution in [-0.2, 0) is 16.1 Å².